The van der Waals surface area contributed by atoms with Gasteiger partial charge in [-0.25, -0.2) is 0 Å². The Morgan fingerprint density at radius 3 is 2.12 bits per heavy atom. The Kier molecular flexibility index (Phi) is 5.24. The van der Waals surface area contributed by atoms with E-state index >= 15 is 0 Å². The van der Waals surface area contributed by atoms with E-state index in [9.17, 15) is 5.26 Å². The number of rotatable bonds is 4. The van der Waals surface area contributed by atoms with Gasteiger partial charge in [0.1, 0.15) is 0 Å². The molecule has 0 aliphatic carbocycles. The summed E-state index contributed by atoms with van der Waals surface area (Å²) in [6.45, 7) is 6.33. The first-order valence-electron chi connectivity index (χ1n) is 5.53. The molecule has 0 radical (unpaired) electrons. The smallest absolute Gasteiger partial charge is 0.0997 e. The van der Waals surface area contributed by atoms with E-state index in [2.05, 4.69) is 50.6 Å². The molecular weight excluding hydrogens is 234 g/mol. The summed E-state index contributed by atoms with van der Waals surface area (Å²) in [5.41, 5.74) is 4.45. The lowest BCUT2D eigenvalue weighted by molar-refractivity contribution is 1.02. The zero-order valence-electron chi connectivity index (χ0n) is 9.95. The fourth-order valence-electron chi connectivity index (χ4n) is 1.79. The monoisotopic (exact) mass is 251 g/mol. The van der Waals surface area contributed by atoms with Crippen molar-refractivity contribution in [2.75, 3.05) is 0 Å². The van der Waals surface area contributed by atoms with Gasteiger partial charge in [0.05, 0.1) is 11.6 Å². The van der Waals surface area contributed by atoms with Crippen LogP contribution in [0.15, 0.2) is 12.1 Å². The van der Waals surface area contributed by atoms with E-state index in [4.69, 9.17) is 0 Å². The van der Waals surface area contributed by atoms with Crippen molar-refractivity contribution in [2.45, 2.75) is 38.9 Å². The average molecular weight is 251 g/mol. The van der Waals surface area contributed by atoms with E-state index in [1.54, 1.807) is 10.8 Å². The molecule has 3 heteroatoms. The fraction of sp³-hybridized carbons (Fsp3) is 0.462. The summed E-state index contributed by atoms with van der Waals surface area (Å²) in [5.74, 6) is 0. The van der Waals surface area contributed by atoms with Gasteiger partial charge in [-0.2, -0.15) is 5.26 Å². The number of nitriles is 1. The molecule has 0 saturated heterocycles. The summed E-state index contributed by atoms with van der Waals surface area (Å²) < 4.78 is 0. The Morgan fingerprint density at radius 1 is 1.31 bits per heavy atom. The molecule has 0 N–H and O–H groups in total. The van der Waals surface area contributed by atoms with E-state index in [1.165, 1.54) is 5.56 Å². The third-order valence-corrected chi connectivity index (χ3v) is 4.36. The van der Waals surface area contributed by atoms with E-state index in [1.807, 2.05) is 0 Å². The molecule has 1 atom stereocenters. The molecule has 1 aromatic carbocycles. The molecule has 0 heterocycles. The van der Waals surface area contributed by atoms with Crippen LogP contribution in [0.25, 0.3) is 0 Å². The number of aryl methyl sites for hydroxylation is 2. The van der Waals surface area contributed by atoms with Gasteiger partial charge in [0, 0.05) is 5.25 Å². The second-order valence-electron chi connectivity index (χ2n) is 3.78. The van der Waals surface area contributed by atoms with Gasteiger partial charge in [0.2, 0.25) is 0 Å². The van der Waals surface area contributed by atoms with E-state index < -0.39 is 0 Å². The van der Waals surface area contributed by atoms with E-state index in [0.29, 0.717) is 5.25 Å². The van der Waals surface area contributed by atoms with Crippen molar-refractivity contribution in [1.82, 2.24) is 0 Å². The van der Waals surface area contributed by atoms with Gasteiger partial charge in [-0.05, 0) is 36.5 Å². The molecule has 1 rings (SSSR count). The van der Waals surface area contributed by atoms with Crippen LogP contribution in [0.4, 0.5) is 0 Å². The normalized spacial score (nSPS) is 12.2. The SMILES string of the molecule is CCc1cc(C(C)SS)cc(CC)c1C#N. The lowest BCUT2D eigenvalue weighted by Gasteiger charge is -2.14. The molecule has 0 bridgehead atoms. The highest BCUT2D eigenvalue weighted by molar-refractivity contribution is 8.68. The molecule has 0 aliphatic rings. The summed E-state index contributed by atoms with van der Waals surface area (Å²) in [4.78, 5) is 0. The van der Waals surface area contributed by atoms with Crippen LogP contribution in [0.3, 0.4) is 0 Å². The third kappa shape index (κ3) is 2.75. The van der Waals surface area contributed by atoms with E-state index in [0.717, 1.165) is 29.5 Å². The maximum absolute atomic E-state index is 9.18. The predicted molar refractivity (Wildman–Crippen MR) is 74.9 cm³/mol. The Labute approximate surface area is 107 Å². The number of thiol groups is 1. The van der Waals surface area contributed by atoms with Gasteiger partial charge in [0.25, 0.3) is 0 Å². The Hall–Kier alpha value is -0.590. The minimum Gasteiger partial charge on any atom is -0.192 e. The molecule has 16 heavy (non-hydrogen) atoms. The quantitative estimate of drug-likeness (QED) is 0.636. The van der Waals surface area contributed by atoms with Crippen molar-refractivity contribution in [3.8, 4) is 6.07 Å². The van der Waals surface area contributed by atoms with Crippen molar-refractivity contribution < 1.29 is 0 Å². The van der Waals surface area contributed by atoms with Crippen LogP contribution < -0.4 is 0 Å². The minimum absolute atomic E-state index is 0.367. The predicted octanol–water partition coefficient (Wildman–Crippen LogP) is 4.32. The second kappa shape index (κ2) is 6.22. The van der Waals surface area contributed by atoms with Gasteiger partial charge >= 0.3 is 0 Å². The highest BCUT2D eigenvalue weighted by Crippen LogP contribution is 2.33. The standard InChI is InChI=1S/C13H17NS2/c1-4-10-6-12(9(3)16-15)7-11(5-2)13(10)8-14/h6-7,9,15H,4-5H2,1-3H3. The van der Waals surface area contributed by atoms with Crippen molar-refractivity contribution in [3.63, 3.8) is 0 Å². The van der Waals surface area contributed by atoms with Crippen LogP contribution in [0.1, 0.15) is 48.3 Å². The average Bonchev–Trinajstić information content (AvgIpc) is 2.35. The first-order valence-corrected chi connectivity index (χ1v) is 7.47. The highest BCUT2D eigenvalue weighted by Gasteiger charge is 2.12. The summed E-state index contributed by atoms with van der Waals surface area (Å²) in [7, 11) is 1.54. The molecule has 1 nitrogen and oxygen atoms in total. The van der Waals surface area contributed by atoms with Gasteiger partial charge < -0.3 is 0 Å². The molecule has 0 saturated carbocycles. The van der Waals surface area contributed by atoms with Crippen molar-refractivity contribution in [1.29, 1.82) is 5.26 Å². The Balaban J connectivity index is 3.32. The van der Waals surface area contributed by atoms with Crippen LogP contribution in [0.2, 0.25) is 0 Å². The highest BCUT2D eigenvalue weighted by atomic mass is 33.1. The summed E-state index contributed by atoms with van der Waals surface area (Å²) in [6, 6.07) is 6.61. The number of nitrogens with zero attached hydrogens (tertiary/aromatic N) is 1. The van der Waals surface area contributed by atoms with Crippen LogP contribution in [-0.4, -0.2) is 0 Å². The zero-order valence-corrected chi connectivity index (χ0v) is 11.7. The fourth-order valence-corrected chi connectivity index (χ4v) is 2.41. The molecule has 86 valence electrons. The molecule has 1 aromatic rings. The van der Waals surface area contributed by atoms with Crippen LogP contribution >= 0.6 is 22.5 Å². The third-order valence-electron chi connectivity index (χ3n) is 2.83. The van der Waals surface area contributed by atoms with Crippen molar-refractivity contribution >= 4 is 22.5 Å². The molecule has 0 aromatic heterocycles. The topological polar surface area (TPSA) is 23.8 Å². The molecule has 0 aliphatic heterocycles. The number of hydrogen-bond donors (Lipinski definition) is 1. The van der Waals surface area contributed by atoms with Crippen LogP contribution in [-0.2, 0) is 12.8 Å². The molecule has 0 spiro atoms. The van der Waals surface area contributed by atoms with Crippen LogP contribution in [0.5, 0.6) is 0 Å². The Bertz CT molecular complexity index is 382. The van der Waals surface area contributed by atoms with E-state index in [-0.39, 0.29) is 0 Å². The van der Waals surface area contributed by atoms with Crippen molar-refractivity contribution in [3.05, 3.63) is 34.4 Å². The summed E-state index contributed by atoms with van der Waals surface area (Å²) in [5, 5.41) is 9.55. The maximum Gasteiger partial charge on any atom is 0.0997 e. The lowest BCUT2D eigenvalue weighted by Crippen LogP contribution is -1.99. The second-order valence-corrected chi connectivity index (χ2v) is 5.33. The Morgan fingerprint density at radius 2 is 1.81 bits per heavy atom. The zero-order chi connectivity index (χ0) is 12.1. The number of hydrogen-bond acceptors (Lipinski definition) is 3. The minimum atomic E-state index is 0.367. The van der Waals surface area contributed by atoms with Gasteiger partial charge in [-0.15, -0.1) is 11.7 Å². The molecule has 0 fully saturated rings. The summed E-state index contributed by atoms with van der Waals surface area (Å²) in [6.07, 6.45) is 1.82. The first kappa shape index (κ1) is 13.5. The summed E-state index contributed by atoms with van der Waals surface area (Å²) >= 11 is 4.25. The van der Waals surface area contributed by atoms with Crippen molar-refractivity contribution in [2.24, 2.45) is 0 Å². The van der Waals surface area contributed by atoms with Crippen LogP contribution in [0, 0.1) is 11.3 Å². The van der Waals surface area contributed by atoms with Gasteiger partial charge in [0.15, 0.2) is 0 Å². The maximum atomic E-state index is 9.18. The lowest BCUT2D eigenvalue weighted by atomic mass is 9.94. The van der Waals surface area contributed by atoms with Gasteiger partial charge in [-0.1, -0.05) is 36.8 Å². The molecule has 1 unspecified atom stereocenters. The number of benzene rings is 1. The molecule has 0 amide bonds. The molecular formula is C13H17NS2. The van der Waals surface area contributed by atoms with Gasteiger partial charge in [-0.3, -0.25) is 0 Å². The largest absolute Gasteiger partial charge is 0.192 e. The first-order chi connectivity index (χ1) is 7.67.